The first kappa shape index (κ1) is 28.9. The number of anilines is 1. The minimum Gasteiger partial charge on any atom is -0.496 e. The summed E-state index contributed by atoms with van der Waals surface area (Å²) in [5, 5.41) is 5.65. The largest absolute Gasteiger partial charge is 0.496 e. The maximum Gasteiger partial charge on any atom is 0.211 e. The van der Waals surface area contributed by atoms with Crippen molar-refractivity contribution in [1.29, 1.82) is 0 Å². The first-order valence-electron chi connectivity index (χ1n) is 14.6. The Morgan fingerprint density at radius 1 is 0.978 bits per heavy atom. The predicted octanol–water partition coefficient (Wildman–Crippen LogP) is 3.62. The molecule has 230 valence electrons. The van der Waals surface area contributed by atoms with E-state index in [1.807, 2.05) is 54.6 Å². The Morgan fingerprint density at radius 3 is 2.51 bits per heavy atom. The Kier molecular flexibility index (Phi) is 7.43. The van der Waals surface area contributed by atoms with E-state index in [-0.39, 0.29) is 0 Å². The van der Waals surface area contributed by atoms with Crippen molar-refractivity contribution in [2.75, 3.05) is 45.3 Å². The molecule has 0 atom stereocenters. The van der Waals surface area contributed by atoms with Crippen LogP contribution in [0.3, 0.4) is 0 Å². The van der Waals surface area contributed by atoms with Crippen molar-refractivity contribution >= 4 is 37.9 Å². The molecule has 0 aliphatic carbocycles. The van der Waals surface area contributed by atoms with Gasteiger partial charge in [0.15, 0.2) is 5.65 Å². The minimum atomic E-state index is -3.15. The van der Waals surface area contributed by atoms with E-state index >= 15 is 0 Å². The Morgan fingerprint density at radius 2 is 1.76 bits per heavy atom. The van der Waals surface area contributed by atoms with E-state index in [9.17, 15) is 8.42 Å². The van der Waals surface area contributed by atoms with Gasteiger partial charge in [0.1, 0.15) is 29.4 Å². The molecule has 45 heavy (non-hydrogen) atoms. The summed E-state index contributed by atoms with van der Waals surface area (Å²) >= 11 is 0. The topological polar surface area (TPSA) is 148 Å². The highest BCUT2D eigenvalue weighted by atomic mass is 32.2. The molecule has 13 heteroatoms. The predicted molar refractivity (Wildman–Crippen MR) is 174 cm³/mol. The number of nitrogen functional groups attached to an aromatic ring is 1. The smallest absolute Gasteiger partial charge is 0.211 e. The molecule has 4 heterocycles. The van der Waals surface area contributed by atoms with Crippen LogP contribution in [-0.2, 0) is 23.0 Å². The number of fused-ring (bicyclic) bond motifs is 2. The molecule has 1 aliphatic heterocycles. The number of piperazine rings is 1. The number of aromatic amines is 1. The lowest BCUT2D eigenvalue weighted by atomic mass is 10.1. The first-order valence-corrected chi connectivity index (χ1v) is 16.5. The molecule has 0 bridgehead atoms. The molecule has 3 aromatic heterocycles. The number of methoxy groups -OCH3 is 1. The number of nitrogens with zero attached hydrogens (tertiary/aromatic N) is 7. The van der Waals surface area contributed by atoms with Crippen LogP contribution in [-0.4, -0.2) is 86.9 Å². The second-order valence-corrected chi connectivity index (χ2v) is 13.2. The van der Waals surface area contributed by atoms with Crippen LogP contribution < -0.4 is 10.5 Å². The van der Waals surface area contributed by atoms with Gasteiger partial charge in [-0.15, -0.1) is 0 Å². The van der Waals surface area contributed by atoms with Crippen LogP contribution in [0.4, 0.5) is 5.82 Å². The normalized spacial score (nSPS) is 14.8. The van der Waals surface area contributed by atoms with Crippen molar-refractivity contribution < 1.29 is 13.2 Å². The van der Waals surface area contributed by atoms with Crippen LogP contribution in [0.2, 0.25) is 0 Å². The molecular formula is C32H33N9O3S. The third-order valence-corrected chi connectivity index (χ3v) is 9.54. The average Bonchev–Trinajstić information content (AvgIpc) is 3.63. The molecule has 0 amide bonds. The fraction of sp³-hybridized carbons (Fsp3) is 0.250. The van der Waals surface area contributed by atoms with Crippen LogP contribution in [0.15, 0.2) is 73.1 Å². The van der Waals surface area contributed by atoms with Crippen LogP contribution in [0.25, 0.3) is 39.0 Å². The number of hydrogen-bond acceptors (Lipinski definition) is 9. The third-order valence-electron chi connectivity index (χ3n) is 8.24. The zero-order valence-electron chi connectivity index (χ0n) is 25.0. The summed E-state index contributed by atoms with van der Waals surface area (Å²) < 4.78 is 32.5. The standard InChI is InChI=1S/C32H33N9O3S/c1-44-27-6-4-3-5-22(27)18-28-36-25-12-9-23(17-26(25)37-28)30-29-31(33)34-20-35-32(29)41(38-30)24-10-7-21(8-11-24)19-39-13-15-40(16-14-39)45(2,42)43/h3-12,17,20H,13-16,18-19H2,1-2H3,(H,36,37)(H2,33,34,35). The Labute approximate surface area is 260 Å². The minimum absolute atomic E-state index is 0.352. The van der Waals surface area contributed by atoms with Gasteiger partial charge in [0, 0.05) is 50.3 Å². The van der Waals surface area contributed by atoms with Gasteiger partial charge >= 0.3 is 0 Å². The van der Waals surface area contributed by atoms with E-state index in [1.54, 1.807) is 11.8 Å². The van der Waals surface area contributed by atoms with E-state index < -0.39 is 10.0 Å². The van der Waals surface area contributed by atoms with Crippen molar-refractivity contribution in [2.24, 2.45) is 0 Å². The number of benzene rings is 3. The van der Waals surface area contributed by atoms with Crippen molar-refractivity contribution in [1.82, 2.24) is 38.9 Å². The second-order valence-electron chi connectivity index (χ2n) is 11.2. The van der Waals surface area contributed by atoms with E-state index in [0.29, 0.717) is 55.1 Å². The van der Waals surface area contributed by atoms with E-state index in [0.717, 1.165) is 51.5 Å². The highest BCUT2D eigenvalue weighted by molar-refractivity contribution is 7.88. The molecule has 1 aliphatic rings. The Hall–Kier alpha value is -4.85. The van der Waals surface area contributed by atoms with E-state index in [4.69, 9.17) is 20.6 Å². The lowest BCUT2D eigenvalue weighted by Gasteiger charge is -2.33. The second kappa shape index (κ2) is 11.6. The number of aromatic nitrogens is 6. The number of rotatable bonds is 8. The summed E-state index contributed by atoms with van der Waals surface area (Å²) in [6.07, 6.45) is 3.32. The lowest BCUT2D eigenvalue weighted by Crippen LogP contribution is -2.47. The maximum atomic E-state index is 11.8. The van der Waals surface area contributed by atoms with Crippen LogP contribution in [0, 0.1) is 0 Å². The summed E-state index contributed by atoms with van der Waals surface area (Å²) in [6.45, 7) is 3.14. The van der Waals surface area contributed by atoms with Crippen LogP contribution in [0.5, 0.6) is 5.75 Å². The number of ether oxygens (including phenoxy) is 1. The van der Waals surface area contributed by atoms with Gasteiger partial charge in [-0.3, -0.25) is 4.90 Å². The molecule has 3 aromatic carbocycles. The molecule has 1 saturated heterocycles. The molecule has 7 rings (SSSR count). The molecule has 0 spiro atoms. The molecular weight excluding hydrogens is 590 g/mol. The number of sulfonamides is 1. The van der Waals surface area contributed by atoms with Crippen molar-refractivity contribution in [3.05, 3.63) is 90.0 Å². The third kappa shape index (κ3) is 5.72. The molecule has 0 radical (unpaired) electrons. The number of hydrogen-bond donors (Lipinski definition) is 2. The average molecular weight is 624 g/mol. The number of imidazole rings is 1. The van der Waals surface area contributed by atoms with Crippen LogP contribution >= 0.6 is 0 Å². The molecule has 1 fully saturated rings. The molecule has 0 saturated carbocycles. The van der Waals surface area contributed by atoms with Crippen molar-refractivity contribution in [3.8, 4) is 22.7 Å². The highest BCUT2D eigenvalue weighted by Crippen LogP contribution is 2.33. The van der Waals surface area contributed by atoms with Gasteiger partial charge in [0.25, 0.3) is 0 Å². The number of para-hydroxylation sites is 1. The van der Waals surface area contributed by atoms with Crippen molar-refractivity contribution in [2.45, 2.75) is 13.0 Å². The molecule has 0 unspecified atom stereocenters. The summed E-state index contributed by atoms with van der Waals surface area (Å²) in [5.41, 5.74) is 13.3. The van der Waals surface area contributed by atoms with Gasteiger partial charge in [0.05, 0.1) is 35.5 Å². The number of H-pyrrole nitrogens is 1. The van der Waals surface area contributed by atoms with Gasteiger partial charge < -0.3 is 15.5 Å². The molecule has 3 N–H and O–H groups in total. The summed E-state index contributed by atoms with van der Waals surface area (Å²) in [4.78, 5) is 19.4. The van der Waals surface area contributed by atoms with E-state index in [2.05, 4.69) is 32.0 Å². The van der Waals surface area contributed by atoms with Gasteiger partial charge in [-0.2, -0.15) is 9.40 Å². The highest BCUT2D eigenvalue weighted by Gasteiger charge is 2.24. The first-order chi connectivity index (χ1) is 21.8. The fourth-order valence-electron chi connectivity index (χ4n) is 5.90. The summed E-state index contributed by atoms with van der Waals surface area (Å²) in [5.74, 6) is 2.01. The number of nitrogens with one attached hydrogen (secondary N) is 1. The van der Waals surface area contributed by atoms with Gasteiger partial charge in [-0.1, -0.05) is 36.4 Å². The zero-order valence-corrected chi connectivity index (χ0v) is 25.8. The van der Waals surface area contributed by atoms with Crippen molar-refractivity contribution in [3.63, 3.8) is 0 Å². The SMILES string of the molecule is COc1ccccc1Cc1nc2cc(-c3nn(-c4ccc(CN5CCN(S(C)(=O)=O)CC5)cc4)c4ncnc(N)c34)ccc2[nH]1. The van der Waals surface area contributed by atoms with Gasteiger partial charge in [-0.25, -0.2) is 28.1 Å². The zero-order chi connectivity index (χ0) is 31.1. The summed E-state index contributed by atoms with van der Waals surface area (Å²) in [7, 11) is -1.48. The summed E-state index contributed by atoms with van der Waals surface area (Å²) in [6, 6.07) is 22.1. The molecule has 6 aromatic rings. The fourth-order valence-corrected chi connectivity index (χ4v) is 6.72. The maximum absolute atomic E-state index is 11.8. The number of nitrogens with two attached hydrogens (primary N) is 1. The Bertz CT molecular complexity index is 2120. The molecule has 12 nitrogen and oxygen atoms in total. The quantitative estimate of drug-likeness (QED) is 0.259. The monoisotopic (exact) mass is 623 g/mol. The van der Waals surface area contributed by atoms with E-state index in [1.165, 1.54) is 16.9 Å². The van der Waals surface area contributed by atoms with Gasteiger partial charge in [-0.05, 0) is 35.9 Å². The van der Waals surface area contributed by atoms with Crippen LogP contribution in [0.1, 0.15) is 17.0 Å². The van der Waals surface area contributed by atoms with Gasteiger partial charge in [0.2, 0.25) is 10.0 Å². The lowest BCUT2D eigenvalue weighted by molar-refractivity contribution is 0.182. The Balaban J connectivity index is 1.16.